The van der Waals surface area contributed by atoms with E-state index in [2.05, 4.69) is 45.6 Å². The van der Waals surface area contributed by atoms with Crippen molar-refractivity contribution in [1.29, 1.82) is 0 Å². The standard InChI is InChI=1S/C14H19N3S/c1-3-4-5-6-9-13-14(16-18-15-13)12-8-7-10-17(2)11-12/h3,7-8,11H,1,4-6,9-10H2,2H3. The van der Waals surface area contributed by atoms with Gasteiger partial charge in [0, 0.05) is 25.4 Å². The first-order valence-electron chi connectivity index (χ1n) is 6.32. The van der Waals surface area contributed by atoms with Gasteiger partial charge < -0.3 is 4.90 Å². The van der Waals surface area contributed by atoms with Crippen LogP contribution < -0.4 is 0 Å². The van der Waals surface area contributed by atoms with E-state index in [-0.39, 0.29) is 0 Å². The summed E-state index contributed by atoms with van der Waals surface area (Å²) in [7, 11) is 2.08. The predicted molar refractivity (Wildman–Crippen MR) is 77.4 cm³/mol. The van der Waals surface area contributed by atoms with Gasteiger partial charge >= 0.3 is 0 Å². The van der Waals surface area contributed by atoms with Crippen LogP contribution in [0.25, 0.3) is 5.57 Å². The largest absolute Gasteiger partial charge is 0.376 e. The number of likely N-dealkylation sites (N-methyl/N-ethyl adjacent to an activating group) is 1. The first-order chi connectivity index (χ1) is 8.81. The number of unbranched alkanes of at least 4 members (excludes halogenated alkanes) is 2. The van der Waals surface area contributed by atoms with Crippen LogP contribution in [-0.2, 0) is 6.42 Å². The molecule has 4 heteroatoms. The highest BCUT2D eigenvalue weighted by molar-refractivity contribution is 6.99. The Morgan fingerprint density at radius 1 is 1.44 bits per heavy atom. The van der Waals surface area contributed by atoms with E-state index in [1.54, 1.807) is 0 Å². The summed E-state index contributed by atoms with van der Waals surface area (Å²) < 4.78 is 8.86. The summed E-state index contributed by atoms with van der Waals surface area (Å²) in [5, 5.41) is 0. The fraction of sp³-hybridized carbons (Fsp3) is 0.429. The minimum Gasteiger partial charge on any atom is -0.376 e. The van der Waals surface area contributed by atoms with Gasteiger partial charge in [-0.2, -0.15) is 8.75 Å². The Morgan fingerprint density at radius 3 is 3.11 bits per heavy atom. The molecule has 0 aromatic carbocycles. The van der Waals surface area contributed by atoms with Crippen LogP contribution in [0.15, 0.2) is 31.0 Å². The number of hydrogen-bond acceptors (Lipinski definition) is 4. The minimum atomic E-state index is 0.968. The third-order valence-corrected chi connectivity index (χ3v) is 3.52. The second-order valence-corrected chi connectivity index (χ2v) is 5.05. The van der Waals surface area contributed by atoms with E-state index < -0.39 is 0 Å². The monoisotopic (exact) mass is 261 g/mol. The predicted octanol–water partition coefficient (Wildman–Crippen LogP) is 3.28. The molecular weight excluding hydrogens is 242 g/mol. The van der Waals surface area contributed by atoms with Crippen LogP contribution in [0.1, 0.15) is 30.7 Å². The van der Waals surface area contributed by atoms with Gasteiger partial charge in [-0.25, -0.2) is 0 Å². The molecule has 0 fully saturated rings. The number of hydrogen-bond donors (Lipinski definition) is 0. The second kappa shape index (κ2) is 6.50. The van der Waals surface area contributed by atoms with Crippen LogP contribution in [0.4, 0.5) is 0 Å². The van der Waals surface area contributed by atoms with Gasteiger partial charge in [0.1, 0.15) is 5.69 Å². The Bertz CT molecular complexity index is 459. The van der Waals surface area contributed by atoms with Gasteiger partial charge in [0.2, 0.25) is 0 Å². The van der Waals surface area contributed by atoms with Crippen molar-refractivity contribution in [3.05, 3.63) is 42.4 Å². The molecule has 1 aliphatic heterocycles. The molecule has 0 radical (unpaired) electrons. The molecule has 2 heterocycles. The number of nitrogens with zero attached hydrogens (tertiary/aromatic N) is 3. The van der Waals surface area contributed by atoms with Crippen molar-refractivity contribution in [2.45, 2.75) is 25.7 Å². The normalized spacial score (nSPS) is 14.7. The van der Waals surface area contributed by atoms with E-state index in [0.717, 1.165) is 37.2 Å². The van der Waals surface area contributed by atoms with Crippen LogP contribution in [0, 0.1) is 0 Å². The van der Waals surface area contributed by atoms with E-state index in [4.69, 9.17) is 0 Å². The van der Waals surface area contributed by atoms with E-state index in [9.17, 15) is 0 Å². The number of rotatable bonds is 6. The van der Waals surface area contributed by atoms with Crippen molar-refractivity contribution in [3.63, 3.8) is 0 Å². The first kappa shape index (κ1) is 13.0. The smallest absolute Gasteiger partial charge is 0.109 e. The van der Waals surface area contributed by atoms with Gasteiger partial charge in [-0.1, -0.05) is 18.2 Å². The maximum atomic E-state index is 4.44. The average molecular weight is 261 g/mol. The topological polar surface area (TPSA) is 29.0 Å². The fourth-order valence-electron chi connectivity index (χ4n) is 1.99. The molecule has 0 N–H and O–H groups in total. The summed E-state index contributed by atoms with van der Waals surface area (Å²) in [6.07, 6.45) is 12.8. The Balaban J connectivity index is 2.03. The summed E-state index contributed by atoms with van der Waals surface area (Å²) >= 11 is 1.31. The van der Waals surface area contributed by atoms with Crippen molar-refractivity contribution in [3.8, 4) is 0 Å². The molecule has 18 heavy (non-hydrogen) atoms. The zero-order valence-corrected chi connectivity index (χ0v) is 11.6. The summed E-state index contributed by atoms with van der Waals surface area (Å²) in [5.41, 5.74) is 3.37. The zero-order chi connectivity index (χ0) is 12.8. The molecule has 0 unspecified atom stereocenters. The van der Waals surface area contributed by atoms with Crippen molar-refractivity contribution >= 4 is 17.3 Å². The van der Waals surface area contributed by atoms with Crippen molar-refractivity contribution in [2.75, 3.05) is 13.6 Å². The molecule has 0 amide bonds. The lowest BCUT2D eigenvalue weighted by atomic mass is 10.1. The summed E-state index contributed by atoms with van der Waals surface area (Å²) in [4.78, 5) is 2.16. The zero-order valence-electron chi connectivity index (χ0n) is 10.8. The van der Waals surface area contributed by atoms with Crippen LogP contribution >= 0.6 is 11.7 Å². The third-order valence-electron chi connectivity index (χ3n) is 2.95. The highest BCUT2D eigenvalue weighted by Gasteiger charge is 2.13. The van der Waals surface area contributed by atoms with Crippen molar-refractivity contribution in [1.82, 2.24) is 13.6 Å². The summed E-state index contributed by atoms with van der Waals surface area (Å²) in [6, 6.07) is 0. The lowest BCUT2D eigenvalue weighted by Gasteiger charge is -2.17. The number of aromatic nitrogens is 2. The van der Waals surface area contributed by atoms with Crippen molar-refractivity contribution in [2.24, 2.45) is 0 Å². The Morgan fingerprint density at radius 2 is 2.33 bits per heavy atom. The number of aryl methyl sites for hydroxylation is 1. The van der Waals surface area contributed by atoms with E-state index in [1.165, 1.54) is 23.7 Å². The minimum absolute atomic E-state index is 0.968. The Kier molecular flexibility index (Phi) is 4.70. The molecule has 0 atom stereocenters. The van der Waals surface area contributed by atoms with Crippen LogP contribution in [0.5, 0.6) is 0 Å². The molecule has 1 aromatic rings. The molecule has 0 aliphatic carbocycles. The SMILES string of the molecule is C=CCCCCc1nsnc1C1=CN(C)CC=C1. The quantitative estimate of drug-likeness (QED) is 0.581. The van der Waals surface area contributed by atoms with E-state index in [1.807, 2.05) is 6.08 Å². The lowest BCUT2D eigenvalue weighted by molar-refractivity contribution is 0.507. The molecule has 3 nitrogen and oxygen atoms in total. The van der Waals surface area contributed by atoms with Crippen LogP contribution in [0.2, 0.25) is 0 Å². The molecule has 1 aliphatic rings. The Hall–Kier alpha value is -1.42. The van der Waals surface area contributed by atoms with E-state index >= 15 is 0 Å². The third kappa shape index (κ3) is 3.29. The molecule has 0 spiro atoms. The van der Waals surface area contributed by atoms with Crippen LogP contribution in [-0.4, -0.2) is 27.2 Å². The fourth-order valence-corrected chi connectivity index (χ4v) is 2.60. The highest BCUT2D eigenvalue weighted by atomic mass is 32.1. The van der Waals surface area contributed by atoms with Gasteiger partial charge in [0.05, 0.1) is 17.4 Å². The second-order valence-electron chi connectivity index (χ2n) is 4.52. The summed E-state index contributed by atoms with van der Waals surface area (Å²) in [5.74, 6) is 0. The maximum absolute atomic E-state index is 4.44. The van der Waals surface area contributed by atoms with Crippen molar-refractivity contribution < 1.29 is 0 Å². The highest BCUT2D eigenvalue weighted by Crippen LogP contribution is 2.22. The average Bonchev–Trinajstić information content (AvgIpc) is 2.83. The lowest BCUT2D eigenvalue weighted by Crippen LogP contribution is -2.14. The molecule has 1 aromatic heterocycles. The van der Waals surface area contributed by atoms with Crippen LogP contribution in [0.3, 0.4) is 0 Å². The van der Waals surface area contributed by atoms with Gasteiger partial charge in [-0.05, 0) is 25.7 Å². The van der Waals surface area contributed by atoms with E-state index in [0.29, 0.717) is 0 Å². The van der Waals surface area contributed by atoms with Gasteiger partial charge in [0.25, 0.3) is 0 Å². The molecular formula is C14H19N3S. The number of allylic oxidation sites excluding steroid dienone is 3. The Labute approximate surface area is 113 Å². The maximum Gasteiger partial charge on any atom is 0.109 e. The van der Waals surface area contributed by atoms with Gasteiger partial charge in [0.15, 0.2) is 0 Å². The molecule has 2 rings (SSSR count). The summed E-state index contributed by atoms with van der Waals surface area (Å²) in [6.45, 7) is 4.71. The van der Waals surface area contributed by atoms with Gasteiger partial charge in [-0.3, -0.25) is 0 Å². The molecule has 0 bridgehead atoms. The molecule has 96 valence electrons. The molecule has 0 saturated heterocycles. The van der Waals surface area contributed by atoms with Gasteiger partial charge in [-0.15, -0.1) is 6.58 Å². The first-order valence-corrected chi connectivity index (χ1v) is 7.05. The molecule has 0 saturated carbocycles.